The zero-order valence-electron chi connectivity index (χ0n) is 19.2. The van der Waals surface area contributed by atoms with Crippen molar-refractivity contribution in [2.24, 2.45) is 0 Å². The van der Waals surface area contributed by atoms with Crippen LogP contribution in [0.3, 0.4) is 0 Å². The summed E-state index contributed by atoms with van der Waals surface area (Å²) in [6, 6.07) is 25.8. The molecule has 1 aromatic heterocycles. The SMILES string of the molecule is Cc1nc(-c2ccccc2)ncc1C=C1C(=O)NC(=S)N(c2ccc(Oc3ccccc3)cc2)C1=O. The Bertz CT molecular complexity index is 1490. The second kappa shape index (κ2) is 9.89. The first-order valence-corrected chi connectivity index (χ1v) is 11.5. The smallest absolute Gasteiger partial charge is 0.270 e. The zero-order valence-corrected chi connectivity index (χ0v) is 20.0. The van der Waals surface area contributed by atoms with E-state index in [0.717, 1.165) is 5.56 Å². The lowest BCUT2D eigenvalue weighted by molar-refractivity contribution is -0.122. The van der Waals surface area contributed by atoms with Gasteiger partial charge in [0.15, 0.2) is 10.9 Å². The number of amides is 2. The van der Waals surface area contributed by atoms with Gasteiger partial charge in [-0.3, -0.25) is 19.8 Å². The Hall–Kier alpha value is -4.69. The Balaban J connectivity index is 1.41. The van der Waals surface area contributed by atoms with Crippen LogP contribution in [-0.4, -0.2) is 26.9 Å². The number of hydrogen-bond donors (Lipinski definition) is 1. The maximum Gasteiger partial charge on any atom is 0.270 e. The van der Waals surface area contributed by atoms with Crippen molar-refractivity contribution >= 4 is 40.9 Å². The van der Waals surface area contributed by atoms with E-state index in [9.17, 15) is 9.59 Å². The molecule has 4 aromatic rings. The molecule has 36 heavy (non-hydrogen) atoms. The van der Waals surface area contributed by atoms with Gasteiger partial charge in [-0.05, 0) is 61.6 Å². The van der Waals surface area contributed by atoms with Gasteiger partial charge in [0.2, 0.25) is 0 Å². The molecule has 2 heterocycles. The lowest BCUT2D eigenvalue weighted by Gasteiger charge is -2.29. The van der Waals surface area contributed by atoms with Gasteiger partial charge in [-0.25, -0.2) is 9.97 Å². The predicted molar refractivity (Wildman–Crippen MR) is 141 cm³/mol. The number of carbonyl (C=O) groups excluding carboxylic acids is 2. The fourth-order valence-corrected chi connectivity index (χ4v) is 3.96. The molecule has 5 rings (SSSR count). The monoisotopic (exact) mass is 492 g/mol. The highest BCUT2D eigenvalue weighted by Gasteiger charge is 2.34. The molecule has 3 aromatic carbocycles. The number of rotatable bonds is 5. The first kappa shape index (κ1) is 23.1. The molecule has 1 saturated heterocycles. The van der Waals surface area contributed by atoms with E-state index < -0.39 is 11.8 Å². The van der Waals surface area contributed by atoms with Gasteiger partial charge >= 0.3 is 0 Å². The third-order valence-electron chi connectivity index (χ3n) is 5.52. The Morgan fingerprint density at radius 1 is 0.889 bits per heavy atom. The van der Waals surface area contributed by atoms with Crippen molar-refractivity contribution in [2.75, 3.05) is 4.90 Å². The number of anilines is 1. The van der Waals surface area contributed by atoms with Crippen LogP contribution in [0.1, 0.15) is 11.3 Å². The summed E-state index contributed by atoms with van der Waals surface area (Å²) in [6.07, 6.45) is 3.09. The van der Waals surface area contributed by atoms with Crippen molar-refractivity contribution in [3.8, 4) is 22.9 Å². The van der Waals surface area contributed by atoms with E-state index in [1.165, 1.54) is 11.0 Å². The van der Waals surface area contributed by atoms with Crippen LogP contribution in [0.15, 0.2) is 96.7 Å². The van der Waals surface area contributed by atoms with Crippen molar-refractivity contribution in [1.29, 1.82) is 0 Å². The molecule has 0 radical (unpaired) electrons. The third-order valence-corrected chi connectivity index (χ3v) is 5.81. The highest BCUT2D eigenvalue weighted by molar-refractivity contribution is 7.80. The fourth-order valence-electron chi connectivity index (χ4n) is 3.68. The average molecular weight is 493 g/mol. The van der Waals surface area contributed by atoms with E-state index in [1.54, 1.807) is 37.4 Å². The van der Waals surface area contributed by atoms with E-state index in [4.69, 9.17) is 17.0 Å². The number of hydrogen-bond acceptors (Lipinski definition) is 6. The molecule has 1 fully saturated rings. The minimum atomic E-state index is -0.572. The van der Waals surface area contributed by atoms with Crippen LogP contribution in [-0.2, 0) is 9.59 Å². The number of carbonyl (C=O) groups is 2. The normalized spacial score (nSPS) is 14.6. The summed E-state index contributed by atoms with van der Waals surface area (Å²) in [5, 5.41) is 2.60. The number of thiocarbonyl (C=S) groups is 1. The molecule has 0 spiro atoms. The minimum Gasteiger partial charge on any atom is -0.457 e. The van der Waals surface area contributed by atoms with Crippen LogP contribution in [0.4, 0.5) is 5.69 Å². The number of ether oxygens (including phenoxy) is 1. The van der Waals surface area contributed by atoms with Crippen LogP contribution in [0.5, 0.6) is 11.5 Å². The molecule has 8 heteroatoms. The van der Waals surface area contributed by atoms with Crippen LogP contribution < -0.4 is 15.0 Å². The highest BCUT2D eigenvalue weighted by Crippen LogP contribution is 2.27. The van der Waals surface area contributed by atoms with Crippen LogP contribution in [0.2, 0.25) is 0 Å². The van der Waals surface area contributed by atoms with E-state index >= 15 is 0 Å². The minimum absolute atomic E-state index is 0.00581. The van der Waals surface area contributed by atoms with Gasteiger partial charge in [0.1, 0.15) is 17.1 Å². The summed E-state index contributed by atoms with van der Waals surface area (Å²) < 4.78 is 5.81. The number of para-hydroxylation sites is 1. The number of aromatic nitrogens is 2. The molecule has 0 unspecified atom stereocenters. The van der Waals surface area contributed by atoms with Gasteiger partial charge in [-0.15, -0.1) is 0 Å². The second-order valence-corrected chi connectivity index (χ2v) is 8.35. The third kappa shape index (κ3) is 4.75. The lowest BCUT2D eigenvalue weighted by atomic mass is 10.1. The lowest BCUT2D eigenvalue weighted by Crippen LogP contribution is -2.54. The summed E-state index contributed by atoms with van der Waals surface area (Å²) in [5.74, 6) is 0.758. The Morgan fingerprint density at radius 3 is 2.19 bits per heavy atom. The molecule has 0 atom stereocenters. The van der Waals surface area contributed by atoms with Crippen molar-refractivity contribution < 1.29 is 14.3 Å². The largest absolute Gasteiger partial charge is 0.457 e. The zero-order chi connectivity index (χ0) is 25.1. The Kier molecular flexibility index (Phi) is 6.34. The van der Waals surface area contributed by atoms with E-state index in [2.05, 4.69) is 15.3 Å². The standard InChI is InChI=1S/C28H20N4O3S/c1-18-20(17-29-25(30-18)19-8-4-2-5-9-19)16-24-26(33)31-28(36)32(27(24)34)21-12-14-23(15-13-21)35-22-10-6-3-7-11-22/h2-17H,1H3,(H,31,33,36). The van der Waals surface area contributed by atoms with Crippen LogP contribution in [0, 0.1) is 6.92 Å². The second-order valence-electron chi connectivity index (χ2n) is 7.97. The molecule has 2 amide bonds. The number of benzene rings is 3. The number of nitrogens with one attached hydrogen (secondary N) is 1. The molecule has 176 valence electrons. The number of nitrogens with zero attached hydrogens (tertiary/aromatic N) is 3. The summed E-state index contributed by atoms with van der Waals surface area (Å²) in [5.41, 5.74) is 2.52. The molecule has 0 aliphatic carbocycles. The molecule has 1 N–H and O–H groups in total. The topological polar surface area (TPSA) is 84.4 Å². The maximum atomic E-state index is 13.4. The van der Waals surface area contributed by atoms with Gasteiger partial charge in [-0.1, -0.05) is 48.5 Å². The maximum absolute atomic E-state index is 13.4. The van der Waals surface area contributed by atoms with Crippen molar-refractivity contribution in [1.82, 2.24) is 15.3 Å². The van der Waals surface area contributed by atoms with Crippen LogP contribution >= 0.6 is 12.2 Å². The molecule has 1 aliphatic rings. The molecule has 0 saturated carbocycles. The number of aryl methyl sites for hydroxylation is 1. The van der Waals surface area contributed by atoms with Gasteiger partial charge < -0.3 is 4.74 Å². The summed E-state index contributed by atoms with van der Waals surface area (Å²) >= 11 is 5.31. The van der Waals surface area contributed by atoms with Gasteiger partial charge in [0.05, 0.1) is 5.69 Å². The summed E-state index contributed by atoms with van der Waals surface area (Å²) in [4.78, 5) is 36.3. The summed E-state index contributed by atoms with van der Waals surface area (Å²) in [6.45, 7) is 1.81. The van der Waals surface area contributed by atoms with Crippen molar-refractivity contribution in [3.63, 3.8) is 0 Å². The molecule has 0 bridgehead atoms. The van der Waals surface area contributed by atoms with E-state index in [-0.39, 0.29) is 10.7 Å². The molecule has 7 nitrogen and oxygen atoms in total. The average Bonchev–Trinajstić information content (AvgIpc) is 2.89. The fraction of sp³-hybridized carbons (Fsp3) is 0.0357. The first-order chi connectivity index (χ1) is 17.5. The van der Waals surface area contributed by atoms with Gasteiger partial charge in [0.25, 0.3) is 11.8 Å². The molecule has 1 aliphatic heterocycles. The Morgan fingerprint density at radius 2 is 1.53 bits per heavy atom. The quantitative estimate of drug-likeness (QED) is 0.238. The van der Waals surface area contributed by atoms with E-state index in [0.29, 0.717) is 34.3 Å². The van der Waals surface area contributed by atoms with Crippen molar-refractivity contribution in [3.05, 3.63) is 108 Å². The predicted octanol–water partition coefficient (Wildman–Crippen LogP) is 5.08. The highest BCUT2D eigenvalue weighted by atomic mass is 32.1. The van der Waals surface area contributed by atoms with Crippen molar-refractivity contribution in [2.45, 2.75) is 6.92 Å². The van der Waals surface area contributed by atoms with Crippen LogP contribution in [0.25, 0.3) is 17.5 Å². The van der Waals surface area contributed by atoms with Gasteiger partial charge in [0, 0.05) is 23.0 Å². The summed E-state index contributed by atoms with van der Waals surface area (Å²) in [7, 11) is 0. The molecular weight excluding hydrogens is 472 g/mol. The first-order valence-electron chi connectivity index (χ1n) is 11.1. The molecular formula is C28H20N4O3S. The van der Waals surface area contributed by atoms with Gasteiger partial charge in [-0.2, -0.15) is 0 Å². The van der Waals surface area contributed by atoms with E-state index in [1.807, 2.05) is 60.7 Å². The Labute approximate surface area is 213 Å².